The van der Waals surface area contributed by atoms with Crippen LogP contribution in [0.4, 0.5) is 4.79 Å². The second kappa shape index (κ2) is 6.53. The van der Waals surface area contributed by atoms with Crippen LogP contribution in [0.1, 0.15) is 57.8 Å². The largest absolute Gasteiger partial charge is 0.394 e. The predicted octanol–water partition coefficient (Wildman–Crippen LogP) is 2.03. The van der Waals surface area contributed by atoms with Crippen LogP contribution in [0.5, 0.6) is 0 Å². The Kier molecular flexibility index (Phi) is 4.69. The summed E-state index contributed by atoms with van der Waals surface area (Å²) in [4.78, 5) is 14.2. The molecule has 2 N–H and O–H groups in total. The number of carbonyl (C=O) groups is 1. The number of amides is 2. The first-order valence-corrected chi connectivity index (χ1v) is 8.54. The maximum atomic E-state index is 12.4. The second-order valence-electron chi connectivity index (χ2n) is 6.90. The number of nitrogens with one attached hydrogen (secondary N) is 1. The molecule has 2 amide bonds. The minimum atomic E-state index is 0.00408. The summed E-state index contributed by atoms with van der Waals surface area (Å²) in [6.07, 6.45) is 9.87. The Balaban J connectivity index is 1.55. The first-order valence-electron chi connectivity index (χ1n) is 8.54. The topological polar surface area (TPSA) is 61.8 Å². The lowest BCUT2D eigenvalue weighted by atomic mass is 9.78. The number of hydrogen-bond donors (Lipinski definition) is 2. The fraction of sp³-hybridized carbons (Fsp3) is 0.938. The number of ether oxygens (including phenoxy) is 1. The highest BCUT2D eigenvalue weighted by atomic mass is 16.5. The highest BCUT2D eigenvalue weighted by Gasteiger charge is 2.39. The summed E-state index contributed by atoms with van der Waals surface area (Å²) in [5.41, 5.74) is 0.0236. The Morgan fingerprint density at radius 2 is 2.05 bits per heavy atom. The van der Waals surface area contributed by atoms with Crippen molar-refractivity contribution in [2.75, 3.05) is 19.8 Å². The number of hydrogen-bond acceptors (Lipinski definition) is 3. The fourth-order valence-electron chi connectivity index (χ4n) is 4.25. The van der Waals surface area contributed by atoms with Gasteiger partial charge in [0, 0.05) is 19.2 Å². The van der Waals surface area contributed by atoms with E-state index in [-0.39, 0.29) is 30.3 Å². The standard InChI is InChI=1S/C16H28N2O3/c19-12-14-5-4-9-18(14)15(20)17-13-6-10-21-16(11-13)7-2-1-3-8-16/h13-14,19H,1-12H2,(H,17,20)/t13?,14-/m1/s1. The molecule has 0 aromatic rings. The average molecular weight is 296 g/mol. The predicted molar refractivity (Wildman–Crippen MR) is 80.1 cm³/mol. The summed E-state index contributed by atoms with van der Waals surface area (Å²) in [6, 6.07) is 0.238. The van der Waals surface area contributed by atoms with Crippen molar-refractivity contribution in [3.8, 4) is 0 Å². The first-order chi connectivity index (χ1) is 10.2. The summed E-state index contributed by atoms with van der Waals surface area (Å²) in [5, 5.41) is 12.5. The lowest BCUT2D eigenvalue weighted by molar-refractivity contribution is -0.108. The molecule has 5 nitrogen and oxygen atoms in total. The molecule has 5 heteroatoms. The molecular weight excluding hydrogens is 268 g/mol. The fourth-order valence-corrected chi connectivity index (χ4v) is 4.25. The van der Waals surface area contributed by atoms with Crippen LogP contribution in [0.2, 0.25) is 0 Å². The molecule has 0 aromatic heterocycles. The summed E-state index contributed by atoms with van der Waals surface area (Å²) in [6.45, 7) is 1.60. The summed E-state index contributed by atoms with van der Waals surface area (Å²) in [7, 11) is 0. The van der Waals surface area contributed by atoms with Gasteiger partial charge in [-0.2, -0.15) is 0 Å². The molecule has 1 spiro atoms. The molecule has 3 aliphatic rings. The minimum Gasteiger partial charge on any atom is -0.394 e. The number of nitrogens with zero attached hydrogens (tertiary/aromatic N) is 1. The summed E-state index contributed by atoms with van der Waals surface area (Å²) < 4.78 is 6.08. The van der Waals surface area contributed by atoms with Gasteiger partial charge in [-0.3, -0.25) is 0 Å². The number of carbonyl (C=O) groups excluding carboxylic acids is 1. The third-order valence-electron chi connectivity index (χ3n) is 5.43. The molecule has 1 saturated carbocycles. The molecule has 3 rings (SSSR count). The number of urea groups is 1. The number of rotatable bonds is 2. The van der Waals surface area contributed by atoms with E-state index in [4.69, 9.17) is 4.74 Å². The number of aliphatic hydroxyl groups excluding tert-OH is 1. The summed E-state index contributed by atoms with van der Waals surface area (Å²) in [5.74, 6) is 0. The van der Waals surface area contributed by atoms with Crippen molar-refractivity contribution in [2.45, 2.75) is 75.5 Å². The smallest absolute Gasteiger partial charge is 0.317 e. The third kappa shape index (κ3) is 3.34. The molecule has 2 heterocycles. The minimum absolute atomic E-state index is 0.00408. The second-order valence-corrected chi connectivity index (χ2v) is 6.90. The van der Waals surface area contributed by atoms with Gasteiger partial charge in [0.2, 0.25) is 0 Å². The summed E-state index contributed by atoms with van der Waals surface area (Å²) >= 11 is 0. The van der Waals surface area contributed by atoms with Gasteiger partial charge in [0.05, 0.1) is 18.2 Å². The Morgan fingerprint density at radius 3 is 2.81 bits per heavy atom. The van der Waals surface area contributed by atoms with E-state index in [0.717, 1.165) is 51.7 Å². The van der Waals surface area contributed by atoms with E-state index in [0.29, 0.717) is 0 Å². The Hall–Kier alpha value is -0.810. The van der Waals surface area contributed by atoms with Crippen molar-refractivity contribution in [2.24, 2.45) is 0 Å². The Bertz CT molecular complexity index is 363. The zero-order chi connectivity index (χ0) is 14.7. The van der Waals surface area contributed by atoms with Gasteiger partial charge in [0.1, 0.15) is 0 Å². The van der Waals surface area contributed by atoms with Crippen LogP contribution in [-0.2, 0) is 4.74 Å². The van der Waals surface area contributed by atoms with E-state index >= 15 is 0 Å². The van der Waals surface area contributed by atoms with Crippen LogP contribution in [0.25, 0.3) is 0 Å². The highest BCUT2D eigenvalue weighted by molar-refractivity contribution is 5.75. The quantitative estimate of drug-likeness (QED) is 0.819. The Morgan fingerprint density at radius 1 is 1.24 bits per heavy atom. The van der Waals surface area contributed by atoms with Gasteiger partial charge in [-0.25, -0.2) is 4.79 Å². The van der Waals surface area contributed by atoms with Crippen LogP contribution in [0.3, 0.4) is 0 Å². The lowest BCUT2D eigenvalue weighted by Crippen LogP contribution is -2.53. The van der Waals surface area contributed by atoms with Crippen LogP contribution in [-0.4, -0.2) is 53.5 Å². The van der Waals surface area contributed by atoms with Crippen molar-refractivity contribution in [1.29, 1.82) is 0 Å². The van der Waals surface area contributed by atoms with E-state index in [1.807, 2.05) is 4.90 Å². The van der Waals surface area contributed by atoms with Crippen molar-refractivity contribution >= 4 is 6.03 Å². The van der Waals surface area contributed by atoms with Crippen LogP contribution >= 0.6 is 0 Å². The lowest BCUT2D eigenvalue weighted by Gasteiger charge is -2.44. The van der Waals surface area contributed by atoms with Gasteiger partial charge in [0.15, 0.2) is 0 Å². The van der Waals surface area contributed by atoms with Gasteiger partial charge >= 0.3 is 6.03 Å². The zero-order valence-electron chi connectivity index (χ0n) is 12.9. The van der Waals surface area contributed by atoms with E-state index in [9.17, 15) is 9.90 Å². The van der Waals surface area contributed by atoms with Crippen molar-refractivity contribution < 1.29 is 14.6 Å². The highest BCUT2D eigenvalue weighted by Crippen LogP contribution is 2.38. The van der Waals surface area contributed by atoms with Crippen molar-refractivity contribution in [3.63, 3.8) is 0 Å². The molecule has 0 bridgehead atoms. The number of aliphatic hydroxyl groups is 1. The zero-order valence-corrected chi connectivity index (χ0v) is 12.9. The molecule has 2 saturated heterocycles. The normalized spacial score (nSPS) is 32.3. The molecule has 0 radical (unpaired) electrons. The van der Waals surface area contributed by atoms with Crippen molar-refractivity contribution in [3.05, 3.63) is 0 Å². The van der Waals surface area contributed by atoms with E-state index in [1.165, 1.54) is 19.3 Å². The van der Waals surface area contributed by atoms with Crippen LogP contribution in [0, 0.1) is 0 Å². The maximum Gasteiger partial charge on any atom is 0.317 e. The van der Waals surface area contributed by atoms with E-state index in [2.05, 4.69) is 5.32 Å². The molecule has 21 heavy (non-hydrogen) atoms. The average Bonchev–Trinajstić information content (AvgIpc) is 2.96. The third-order valence-corrected chi connectivity index (χ3v) is 5.43. The van der Waals surface area contributed by atoms with Gasteiger partial charge in [0.25, 0.3) is 0 Å². The van der Waals surface area contributed by atoms with Crippen LogP contribution in [0.15, 0.2) is 0 Å². The molecule has 3 fully saturated rings. The SMILES string of the molecule is O=C(NC1CCOC2(CCCCC2)C1)N1CCC[C@@H]1CO. The molecule has 120 valence electrons. The molecule has 2 aliphatic heterocycles. The van der Waals surface area contributed by atoms with E-state index in [1.54, 1.807) is 0 Å². The molecule has 0 aromatic carbocycles. The maximum absolute atomic E-state index is 12.4. The van der Waals surface area contributed by atoms with Crippen molar-refractivity contribution in [1.82, 2.24) is 10.2 Å². The molecule has 1 unspecified atom stereocenters. The van der Waals surface area contributed by atoms with Gasteiger partial charge in [-0.05, 0) is 38.5 Å². The molecular formula is C16H28N2O3. The number of likely N-dealkylation sites (tertiary alicyclic amines) is 1. The van der Waals surface area contributed by atoms with Crippen LogP contribution < -0.4 is 5.32 Å². The Labute approximate surface area is 127 Å². The molecule has 1 aliphatic carbocycles. The van der Waals surface area contributed by atoms with Gasteiger partial charge < -0.3 is 20.1 Å². The monoisotopic (exact) mass is 296 g/mol. The van der Waals surface area contributed by atoms with Gasteiger partial charge in [-0.1, -0.05) is 19.3 Å². The first kappa shape index (κ1) is 15.1. The van der Waals surface area contributed by atoms with Gasteiger partial charge in [-0.15, -0.1) is 0 Å². The molecule has 2 atom stereocenters. The van der Waals surface area contributed by atoms with E-state index < -0.39 is 0 Å².